The Hall–Kier alpha value is -1.09. The summed E-state index contributed by atoms with van der Waals surface area (Å²) in [5.41, 5.74) is 1.47. The molecule has 0 aliphatic rings. The molecular formula is C14H24N2O. The monoisotopic (exact) mass is 236 g/mol. The second-order valence-electron chi connectivity index (χ2n) is 5.80. The van der Waals surface area contributed by atoms with Crippen LogP contribution in [0.4, 0.5) is 0 Å². The SMILES string of the molecule is Cc1ccn(CCNCCC(C)(C)C)c(=O)c1. The van der Waals surface area contributed by atoms with Crippen LogP contribution in [0.5, 0.6) is 0 Å². The van der Waals surface area contributed by atoms with Crippen LogP contribution in [0.15, 0.2) is 23.1 Å². The minimum absolute atomic E-state index is 0.0858. The van der Waals surface area contributed by atoms with Gasteiger partial charge in [-0.05, 0) is 36.9 Å². The zero-order valence-corrected chi connectivity index (χ0v) is 11.4. The molecular weight excluding hydrogens is 212 g/mol. The third-order valence-corrected chi connectivity index (χ3v) is 2.73. The van der Waals surface area contributed by atoms with Crippen molar-refractivity contribution >= 4 is 0 Å². The van der Waals surface area contributed by atoms with Gasteiger partial charge >= 0.3 is 0 Å². The van der Waals surface area contributed by atoms with Crippen LogP contribution in [0.25, 0.3) is 0 Å². The summed E-state index contributed by atoms with van der Waals surface area (Å²) in [6.45, 7) is 11.2. The first-order valence-corrected chi connectivity index (χ1v) is 6.26. The molecule has 0 bridgehead atoms. The van der Waals surface area contributed by atoms with Crippen LogP contribution < -0.4 is 10.9 Å². The van der Waals surface area contributed by atoms with Crippen LogP contribution in [0.1, 0.15) is 32.8 Å². The Morgan fingerprint density at radius 3 is 2.59 bits per heavy atom. The van der Waals surface area contributed by atoms with E-state index in [1.165, 1.54) is 0 Å². The average Bonchev–Trinajstić information content (AvgIpc) is 2.18. The molecule has 0 radical (unpaired) electrons. The van der Waals surface area contributed by atoms with Gasteiger partial charge in [-0.15, -0.1) is 0 Å². The molecule has 17 heavy (non-hydrogen) atoms. The van der Waals surface area contributed by atoms with Crippen molar-refractivity contribution in [2.75, 3.05) is 13.1 Å². The topological polar surface area (TPSA) is 34.0 Å². The molecule has 1 heterocycles. The Labute approximate surface area is 104 Å². The molecule has 0 spiro atoms. The van der Waals surface area contributed by atoms with Crippen molar-refractivity contribution in [1.82, 2.24) is 9.88 Å². The van der Waals surface area contributed by atoms with Crippen LogP contribution in [0.3, 0.4) is 0 Å². The Morgan fingerprint density at radius 1 is 1.29 bits per heavy atom. The molecule has 0 amide bonds. The lowest BCUT2D eigenvalue weighted by molar-refractivity contribution is 0.365. The molecule has 0 atom stereocenters. The molecule has 0 saturated carbocycles. The predicted octanol–water partition coefficient (Wildman–Crippen LogP) is 2.18. The van der Waals surface area contributed by atoms with Gasteiger partial charge in [-0.3, -0.25) is 4.79 Å². The standard InChI is InChI=1S/C14H24N2O/c1-12-5-9-16(13(17)11-12)10-8-15-7-6-14(2,3)4/h5,9,11,15H,6-8,10H2,1-4H3. The molecule has 96 valence electrons. The lowest BCUT2D eigenvalue weighted by atomic mass is 9.92. The van der Waals surface area contributed by atoms with Crippen molar-refractivity contribution in [3.05, 3.63) is 34.2 Å². The maximum atomic E-state index is 11.6. The number of hydrogen-bond acceptors (Lipinski definition) is 2. The van der Waals surface area contributed by atoms with Gasteiger partial charge in [0.05, 0.1) is 0 Å². The number of hydrogen-bond donors (Lipinski definition) is 1. The molecule has 0 aromatic carbocycles. The average molecular weight is 236 g/mol. The van der Waals surface area contributed by atoms with E-state index in [0.717, 1.165) is 31.6 Å². The maximum absolute atomic E-state index is 11.6. The Kier molecular flexibility index (Phi) is 4.94. The van der Waals surface area contributed by atoms with Gasteiger partial charge in [0.2, 0.25) is 0 Å². The first-order chi connectivity index (χ1) is 7.88. The summed E-state index contributed by atoms with van der Waals surface area (Å²) in [5, 5.41) is 3.37. The van der Waals surface area contributed by atoms with E-state index in [9.17, 15) is 4.79 Å². The first kappa shape index (κ1) is 14.0. The maximum Gasteiger partial charge on any atom is 0.250 e. The third kappa shape index (κ3) is 5.68. The summed E-state index contributed by atoms with van der Waals surface area (Å²) in [6.07, 6.45) is 3.01. The lowest BCUT2D eigenvalue weighted by Crippen LogP contribution is -2.28. The van der Waals surface area contributed by atoms with Gasteiger partial charge in [0.25, 0.3) is 5.56 Å². The van der Waals surface area contributed by atoms with Gasteiger partial charge in [-0.2, -0.15) is 0 Å². The number of pyridine rings is 1. The zero-order valence-electron chi connectivity index (χ0n) is 11.4. The lowest BCUT2D eigenvalue weighted by Gasteiger charge is -2.18. The normalized spacial score (nSPS) is 11.8. The number of aryl methyl sites for hydroxylation is 1. The molecule has 0 saturated heterocycles. The van der Waals surface area contributed by atoms with E-state index in [1.54, 1.807) is 10.6 Å². The van der Waals surface area contributed by atoms with E-state index in [-0.39, 0.29) is 5.56 Å². The highest BCUT2D eigenvalue weighted by Gasteiger charge is 2.08. The van der Waals surface area contributed by atoms with E-state index in [1.807, 2.05) is 19.2 Å². The summed E-state index contributed by atoms with van der Waals surface area (Å²) in [5.74, 6) is 0. The molecule has 1 aromatic rings. The molecule has 0 aliphatic heterocycles. The predicted molar refractivity (Wildman–Crippen MR) is 72.4 cm³/mol. The van der Waals surface area contributed by atoms with Crippen molar-refractivity contribution in [1.29, 1.82) is 0 Å². The highest BCUT2D eigenvalue weighted by atomic mass is 16.1. The minimum Gasteiger partial charge on any atom is -0.315 e. The number of rotatable bonds is 5. The van der Waals surface area contributed by atoms with Crippen LogP contribution in [0.2, 0.25) is 0 Å². The van der Waals surface area contributed by atoms with Gasteiger partial charge < -0.3 is 9.88 Å². The fraction of sp³-hybridized carbons (Fsp3) is 0.643. The van der Waals surface area contributed by atoms with Crippen LogP contribution >= 0.6 is 0 Å². The zero-order chi connectivity index (χ0) is 12.9. The highest BCUT2D eigenvalue weighted by molar-refractivity contribution is 5.07. The summed E-state index contributed by atoms with van der Waals surface area (Å²) < 4.78 is 1.75. The smallest absolute Gasteiger partial charge is 0.250 e. The fourth-order valence-corrected chi connectivity index (χ4v) is 1.58. The van der Waals surface area contributed by atoms with E-state index >= 15 is 0 Å². The van der Waals surface area contributed by atoms with E-state index < -0.39 is 0 Å². The van der Waals surface area contributed by atoms with Crippen molar-refractivity contribution in [3.63, 3.8) is 0 Å². The minimum atomic E-state index is 0.0858. The quantitative estimate of drug-likeness (QED) is 0.795. The number of aromatic nitrogens is 1. The van der Waals surface area contributed by atoms with Gasteiger partial charge in [0.15, 0.2) is 0 Å². The van der Waals surface area contributed by atoms with Crippen LogP contribution in [-0.4, -0.2) is 17.7 Å². The van der Waals surface area contributed by atoms with E-state index in [4.69, 9.17) is 0 Å². The number of nitrogens with one attached hydrogen (secondary N) is 1. The largest absolute Gasteiger partial charge is 0.315 e. The van der Waals surface area contributed by atoms with Crippen LogP contribution in [0, 0.1) is 12.3 Å². The van der Waals surface area contributed by atoms with E-state index in [0.29, 0.717) is 5.41 Å². The summed E-state index contributed by atoms with van der Waals surface area (Å²) in [7, 11) is 0. The first-order valence-electron chi connectivity index (χ1n) is 6.26. The van der Waals surface area contributed by atoms with Crippen molar-refractivity contribution in [3.8, 4) is 0 Å². The summed E-state index contributed by atoms with van der Waals surface area (Å²) >= 11 is 0. The molecule has 1 N–H and O–H groups in total. The molecule has 0 unspecified atom stereocenters. The van der Waals surface area contributed by atoms with Crippen molar-refractivity contribution in [2.45, 2.75) is 40.7 Å². The van der Waals surface area contributed by atoms with Gasteiger partial charge in [-0.25, -0.2) is 0 Å². The second-order valence-corrected chi connectivity index (χ2v) is 5.80. The summed E-state index contributed by atoms with van der Waals surface area (Å²) in [4.78, 5) is 11.6. The van der Waals surface area contributed by atoms with Crippen molar-refractivity contribution < 1.29 is 0 Å². The molecule has 1 rings (SSSR count). The van der Waals surface area contributed by atoms with Gasteiger partial charge in [0.1, 0.15) is 0 Å². The van der Waals surface area contributed by atoms with Gasteiger partial charge in [0, 0.05) is 25.4 Å². The second kappa shape index (κ2) is 6.01. The Bertz CT molecular complexity index is 401. The number of nitrogens with zero attached hydrogens (tertiary/aromatic N) is 1. The molecule has 3 nitrogen and oxygen atoms in total. The van der Waals surface area contributed by atoms with Crippen molar-refractivity contribution in [2.24, 2.45) is 5.41 Å². The molecule has 0 aliphatic carbocycles. The Morgan fingerprint density at radius 2 is 2.00 bits per heavy atom. The van der Waals surface area contributed by atoms with E-state index in [2.05, 4.69) is 26.1 Å². The fourth-order valence-electron chi connectivity index (χ4n) is 1.58. The molecule has 3 heteroatoms. The molecule has 1 aromatic heterocycles. The van der Waals surface area contributed by atoms with Crippen LogP contribution in [-0.2, 0) is 6.54 Å². The third-order valence-electron chi connectivity index (χ3n) is 2.73. The highest BCUT2D eigenvalue weighted by Crippen LogP contribution is 2.16. The Balaban J connectivity index is 2.29. The van der Waals surface area contributed by atoms with Gasteiger partial charge in [-0.1, -0.05) is 20.8 Å². The molecule has 0 fully saturated rings. The summed E-state index contributed by atoms with van der Waals surface area (Å²) in [6, 6.07) is 3.64.